The molecule has 1 fully saturated rings. The van der Waals surface area contributed by atoms with E-state index in [-0.39, 0.29) is 24.5 Å². The van der Waals surface area contributed by atoms with E-state index in [4.69, 9.17) is 9.84 Å². The molecule has 98 valence electrons. The van der Waals surface area contributed by atoms with Crippen molar-refractivity contribution in [2.75, 3.05) is 19.8 Å². The fourth-order valence-electron chi connectivity index (χ4n) is 1.76. The maximum absolute atomic E-state index is 11.6. The van der Waals surface area contributed by atoms with E-state index in [2.05, 4.69) is 5.32 Å². The molecule has 0 saturated heterocycles. The van der Waals surface area contributed by atoms with Crippen molar-refractivity contribution in [3.8, 4) is 5.75 Å². The van der Waals surface area contributed by atoms with E-state index in [1.165, 1.54) is 0 Å². The minimum atomic E-state index is -0.142. The molecule has 0 spiro atoms. The van der Waals surface area contributed by atoms with Crippen LogP contribution in [-0.4, -0.2) is 30.8 Å². The molecule has 0 atom stereocenters. The Bertz CT molecular complexity index is 427. The van der Waals surface area contributed by atoms with E-state index >= 15 is 0 Å². The van der Waals surface area contributed by atoms with Crippen molar-refractivity contribution in [2.45, 2.75) is 19.8 Å². The minimum absolute atomic E-state index is 0.0188. The normalized spacial score (nSPS) is 16.1. The van der Waals surface area contributed by atoms with Gasteiger partial charge in [-0.2, -0.15) is 0 Å². The SMILES string of the molecule is Cc1cccc(OCC(=O)NCC2(CO)CC2)c1. The summed E-state index contributed by atoms with van der Waals surface area (Å²) in [6.07, 6.45) is 1.98. The number of aryl methyl sites for hydroxylation is 1. The number of carbonyl (C=O) groups excluding carboxylic acids is 1. The standard InChI is InChI=1S/C14H19NO3/c1-11-3-2-4-12(7-11)18-8-13(17)15-9-14(10-16)5-6-14/h2-4,7,16H,5-6,8-10H2,1H3,(H,15,17). The second-order valence-electron chi connectivity index (χ2n) is 5.04. The molecule has 1 aromatic carbocycles. The number of hydrogen-bond donors (Lipinski definition) is 2. The first-order valence-electron chi connectivity index (χ1n) is 6.21. The molecular weight excluding hydrogens is 230 g/mol. The number of carbonyl (C=O) groups is 1. The molecule has 1 aliphatic carbocycles. The quantitative estimate of drug-likeness (QED) is 0.798. The maximum atomic E-state index is 11.6. The molecule has 0 heterocycles. The minimum Gasteiger partial charge on any atom is -0.484 e. The van der Waals surface area contributed by atoms with Crippen molar-refractivity contribution in [1.29, 1.82) is 0 Å². The third-order valence-electron chi connectivity index (χ3n) is 3.31. The second-order valence-corrected chi connectivity index (χ2v) is 5.04. The van der Waals surface area contributed by atoms with Gasteiger partial charge in [0.1, 0.15) is 5.75 Å². The fourth-order valence-corrected chi connectivity index (χ4v) is 1.76. The Balaban J connectivity index is 1.72. The first-order chi connectivity index (χ1) is 8.63. The van der Waals surface area contributed by atoms with Gasteiger partial charge in [-0.25, -0.2) is 0 Å². The lowest BCUT2D eigenvalue weighted by molar-refractivity contribution is -0.123. The van der Waals surface area contributed by atoms with Gasteiger partial charge in [0, 0.05) is 12.0 Å². The highest BCUT2D eigenvalue weighted by molar-refractivity contribution is 5.77. The van der Waals surface area contributed by atoms with Crippen LogP contribution in [0.4, 0.5) is 0 Å². The van der Waals surface area contributed by atoms with Crippen LogP contribution in [0.5, 0.6) is 5.75 Å². The summed E-state index contributed by atoms with van der Waals surface area (Å²) in [7, 11) is 0. The Morgan fingerprint density at radius 2 is 2.28 bits per heavy atom. The Kier molecular flexibility index (Phi) is 3.87. The number of nitrogens with one attached hydrogen (secondary N) is 1. The predicted octanol–water partition coefficient (Wildman–Crippen LogP) is 1.26. The first-order valence-corrected chi connectivity index (χ1v) is 6.21. The summed E-state index contributed by atoms with van der Waals surface area (Å²) in [5, 5.41) is 11.9. The predicted molar refractivity (Wildman–Crippen MR) is 68.4 cm³/mol. The van der Waals surface area contributed by atoms with Gasteiger partial charge in [-0.1, -0.05) is 12.1 Å². The van der Waals surface area contributed by atoms with Crippen LogP contribution >= 0.6 is 0 Å². The van der Waals surface area contributed by atoms with Gasteiger partial charge in [0.2, 0.25) is 0 Å². The van der Waals surface area contributed by atoms with Crippen LogP contribution in [0.25, 0.3) is 0 Å². The molecular formula is C14H19NO3. The van der Waals surface area contributed by atoms with Crippen LogP contribution in [0.3, 0.4) is 0 Å². The lowest BCUT2D eigenvalue weighted by Crippen LogP contribution is -2.35. The van der Waals surface area contributed by atoms with Gasteiger partial charge in [0.25, 0.3) is 5.91 Å². The molecule has 0 aromatic heterocycles. The Labute approximate surface area is 107 Å². The van der Waals surface area contributed by atoms with Gasteiger partial charge >= 0.3 is 0 Å². The van der Waals surface area contributed by atoms with Crippen molar-refractivity contribution in [3.63, 3.8) is 0 Å². The van der Waals surface area contributed by atoms with E-state index in [1.54, 1.807) is 0 Å². The lowest BCUT2D eigenvalue weighted by atomic mass is 10.1. The molecule has 2 N–H and O–H groups in total. The summed E-state index contributed by atoms with van der Waals surface area (Å²) in [4.78, 5) is 11.6. The zero-order chi connectivity index (χ0) is 13.0. The van der Waals surface area contributed by atoms with Crippen molar-refractivity contribution in [1.82, 2.24) is 5.32 Å². The van der Waals surface area contributed by atoms with Crippen LogP contribution in [0.15, 0.2) is 24.3 Å². The number of hydrogen-bond acceptors (Lipinski definition) is 3. The highest BCUT2D eigenvalue weighted by Gasteiger charge is 2.41. The number of rotatable bonds is 6. The zero-order valence-corrected chi connectivity index (χ0v) is 10.6. The third kappa shape index (κ3) is 3.47. The van der Waals surface area contributed by atoms with Gasteiger partial charge in [-0.05, 0) is 37.5 Å². The van der Waals surface area contributed by atoms with Crippen LogP contribution in [-0.2, 0) is 4.79 Å². The van der Waals surface area contributed by atoms with Gasteiger partial charge in [0.15, 0.2) is 6.61 Å². The molecule has 1 aromatic rings. The summed E-state index contributed by atoms with van der Waals surface area (Å²) in [6.45, 7) is 2.68. The van der Waals surface area contributed by atoms with E-state index < -0.39 is 0 Å². The molecule has 1 aliphatic rings. The average Bonchev–Trinajstić information content (AvgIpc) is 3.15. The molecule has 1 amide bonds. The molecule has 0 radical (unpaired) electrons. The van der Waals surface area contributed by atoms with Crippen molar-refractivity contribution in [3.05, 3.63) is 29.8 Å². The van der Waals surface area contributed by atoms with Crippen LogP contribution in [0, 0.1) is 12.3 Å². The van der Waals surface area contributed by atoms with E-state index in [0.717, 1.165) is 18.4 Å². The Morgan fingerprint density at radius 3 is 2.89 bits per heavy atom. The maximum Gasteiger partial charge on any atom is 0.257 e. The summed E-state index contributed by atoms with van der Waals surface area (Å²) < 4.78 is 5.39. The van der Waals surface area contributed by atoms with Crippen LogP contribution in [0.2, 0.25) is 0 Å². The van der Waals surface area contributed by atoms with Crippen LogP contribution < -0.4 is 10.1 Å². The van der Waals surface area contributed by atoms with E-state index in [9.17, 15) is 4.79 Å². The molecule has 0 unspecified atom stereocenters. The van der Waals surface area contributed by atoms with E-state index in [1.807, 2.05) is 31.2 Å². The molecule has 18 heavy (non-hydrogen) atoms. The Hall–Kier alpha value is -1.55. The van der Waals surface area contributed by atoms with Crippen LogP contribution in [0.1, 0.15) is 18.4 Å². The summed E-state index contributed by atoms with van der Waals surface area (Å²) in [5.41, 5.74) is 1.05. The summed E-state index contributed by atoms with van der Waals surface area (Å²) >= 11 is 0. The lowest BCUT2D eigenvalue weighted by Gasteiger charge is -2.13. The number of aliphatic hydroxyl groups is 1. The topological polar surface area (TPSA) is 58.6 Å². The summed E-state index contributed by atoms with van der Waals surface area (Å²) in [6, 6.07) is 7.60. The van der Waals surface area contributed by atoms with Gasteiger partial charge in [0.05, 0.1) is 6.61 Å². The zero-order valence-electron chi connectivity index (χ0n) is 10.6. The van der Waals surface area contributed by atoms with Gasteiger partial charge in [-0.15, -0.1) is 0 Å². The average molecular weight is 249 g/mol. The van der Waals surface area contributed by atoms with Crippen molar-refractivity contribution >= 4 is 5.91 Å². The number of amides is 1. The fraction of sp³-hybridized carbons (Fsp3) is 0.500. The number of benzene rings is 1. The molecule has 1 saturated carbocycles. The monoisotopic (exact) mass is 249 g/mol. The van der Waals surface area contributed by atoms with E-state index in [0.29, 0.717) is 12.3 Å². The van der Waals surface area contributed by atoms with Gasteiger partial charge < -0.3 is 15.2 Å². The largest absolute Gasteiger partial charge is 0.484 e. The molecule has 4 heteroatoms. The highest BCUT2D eigenvalue weighted by atomic mass is 16.5. The van der Waals surface area contributed by atoms with Crippen molar-refractivity contribution < 1.29 is 14.6 Å². The highest BCUT2D eigenvalue weighted by Crippen LogP contribution is 2.44. The van der Waals surface area contributed by atoms with Gasteiger partial charge in [-0.3, -0.25) is 4.79 Å². The van der Waals surface area contributed by atoms with Crippen molar-refractivity contribution in [2.24, 2.45) is 5.41 Å². The Morgan fingerprint density at radius 1 is 1.50 bits per heavy atom. The first kappa shape index (κ1) is 12.9. The summed E-state index contributed by atoms with van der Waals surface area (Å²) in [5.74, 6) is 0.560. The third-order valence-corrected chi connectivity index (χ3v) is 3.31. The molecule has 0 bridgehead atoms. The molecule has 4 nitrogen and oxygen atoms in total. The smallest absolute Gasteiger partial charge is 0.257 e. The molecule has 0 aliphatic heterocycles. The number of aliphatic hydroxyl groups excluding tert-OH is 1. The number of ether oxygens (including phenoxy) is 1. The second kappa shape index (κ2) is 5.40. The molecule has 2 rings (SSSR count).